The number of aryl methyl sites for hydroxylation is 1. The van der Waals surface area contributed by atoms with Crippen LogP contribution in [0, 0.1) is 0 Å². The highest BCUT2D eigenvalue weighted by molar-refractivity contribution is 9.11. The van der Waals surface area contributed by atoms with Gasteiger partial charge in [-0.05, 0) is 54.8 Å². The fourth-order valence-corrected chi connectivity index (χ4v) is 3.18. The van der Waals surface area contributed by atoms with Crippen molar-refractivity contribution in [3.8, 4) is 5.75 Å². The second kappa shape index (κ2) is 6.12. The van der Waals surface area contributed by atoms with Crippen molar-refractivity contribution in [3.05, 3.63) is 32.5 Å². The van der Waals surface area contributed by atoms with Crippen molar-refractivity contribution < 1.29 is 4.74 Å². The van der Waals surface area contributed by atoms with E-state index in [0.717, 1.165) is 25.6 Å². The normalized spacial score (nSPS) is 10.7. The van der Waals surface area contributed by atoms with Gasteiger partial charge in [0.2, 0.25) is 5.82 Å². The zero-order valence-corrected chi connectivity index (χ0v) is 14.2. The van der Waals surface area contributed by atoms with Crippen LogP contribution in [-0.2, 0) is 19.0 Å². The summed E-state index contributed by atoms with van der Waals surface area (Å²) in [5, 5.41) is 12.4. The van der Waals surface area contributed by atoms with Gasteiger partial charge in [0.25, 0.3) is 0 Å². The molecule has 0 aliphatic heterocycles. The summed E-state index contributed by atoms with van der Waals surface area (Å²) in [6.07, 6.45) is 0. The van der Waals surface area contributed by atoms with Gasteiger partial charge < -0.3 is 4.74 Å². The molecule has 0 spiro atoms. The minimum atomic E-state index is 0.276. The number of benzene rings is 1. The van der Waals surface area contributed by atoms with Crippen LogP contribution in [0.1, 0.15) is 11.4 Å². The molecule has 8 heteroatoms. The summed E-state index contributed by atoms with van der Waals surface area (Å²) in [7, 11) is 1.72. The third-order valence-corrected chi connectivity index (χ3v) is 3.93. The molecule has 0 saturated carbocycles. The Bertz CT molecular complexity index is 535. The molecule has 0 amide bonds. The van der Waals surface area contributed by atoms with Crippen molar-refractivity contribution in [2.45, 2.75) is 11.9 Å². The molecule has 0 aliphatic carbocycles. The van der Waals surface area contributed by atoms with Gasteiger partial charge in [-0.1, -0.05) is 15.9 Å². The fraction of sp³-hybridized carbons (Fsp3) is 0.300. The minimum Gasteiger partial charge on any atom is -0.483 e. The number of halogens is 3. The molecular weight excluding hydrogens is 432 g/mol. The van der Waals surface area contributed by atoms with Crippen LogP contribution in [0.4, 0.5) is 0 Å². The number of rotatable bonds is 4. The lowest BCUT2D eigenvalue weighted by Crippen LogP contribution is -2.00. The molecule has 2 rings (SSSR count). The maximum absolute atomic E-state index is 5.68. The lowest BCUT2D eigenvalue weighted by molar-refractivity contribution is 0.291. The topological polar surface area (TPSA) is 52.8 Å². The molecule has 0 N–H and O–H groups in total. The molecule has 1 aromatic heterocycles. The van der Waals surface area contributed by atoms with E-state index < -0.39 is 0 Å². The number of nitrogens with zero attached hydrogens (tertiary/aromatic N) is 4. The molecule has 0 radical (unpaired) electrons. The molecule has 0 bridgehead atoms. The second-order valence-corrected chi connectivity index (χ2v) is 5.78. The number of hydrogen-bond acceptors (Lipinski definition) is 4. The first-order valence-electron chi connectivity index (χ1n) is 4.99. The van der Waals surface area contributed by atoms with E-state index >= 15 is 0 Å². The highest BCUT2D eigenvalue weighted by Gasteiger charge is 2.10. The Morgan fingerprint density at radius 3 is 2.44 bits per heavy atom. The first-order valence-corrected chi connectivity index (χ1v) is 7.70. The average Bonchev–Trinajstić information content (AvgIpc) is 2.73. The van der Waals surface area contributed by atoms with Crippen LogP contribution in [0.15, 0.2) is 21.1 Å². The van der Waals surface area contributed by atoms with E-state index in [1.807, 2.05) is 12.1 Å². The minimum absolute atomic E-state index is 0.276. The first kappa shape index (κ1) is 14.0. The summed E-state index contributed by atoms with van der Waals surface area (Å²) in [5.74, 6) is 1.27. The van der Waals surface area contributed by atoms with E-state index in [9.17, 15) is 0 Å². The monoisotopic (exact) mass is 438 g/mol. The Labute approximate surface area is 129 Å². The van der Waals surface area contributed by atoms with Crippen LogP contribution in [0.3, 0.4) is 0 Å². The number of tetrazole rings is 1. The summed E-state index contributed by atoms with van der Waals surface area (Å²) < 4.78 is 7.45. The number of hydrogen-bond donors (Lipinski definition) is 0. The quantitative estimate of drug-likeness (QED) is 0.685. The molecule has 0 aliphatic rings. The van der Waals surface area contributed by atoms with Crippen LogP contribution in [0.25, 0.3) is 0 Å². The summed E-state index contributed by atoms with van der Waals surface area (Å²) in [4.78, 5) is 1.40. The van der Waals surface area contributed by atoms with Gasteiger partial charge in [0.05, 0.1) is 16.0 Å². The average molecular weight is 441 g/mol. The Morgan fingerprint density at radius 1 is 1.28 bits per heavy atom. The summed E-state index contributed by atoms with van der Waals surface area (Å²) in [6, 6.07) is 4.00. The molecule has 18 heavy (non-hydrogen) atoms. The molecule has 0 unspecified atom stereocenters. The van der Waals surface area contributed by atoms with Crippen molar-refractivity contribution in [2.75, 3.05) is 0 Å². The zero-order valence-electron chi connectivity index (χ0n) is 9.40. The van der Waals surface area contributed by atoms with E-state index in [4.69, 9.17) is 4.74 Å². The van der Waals surface area contributed by atoms with Gasteiger partial charge in [-0.2, -0.15) is 4.80 Å². The van der Waals surface area contributed by atoms with E-state index in [0.29, 0.717) is 5.82 Å². The Kier molecular flexibility index (Phi) is 4.74. The molecule has 5 nitrogen and oxygen atoms in total. The number of alkyl halides is 1. The third kappa shape index (κ3) is 3.30. The molecule has 1 aromatic carbocycles. The molecule has 96 valence electrons. The Balaban J connectivity index is 2.14. The zero-order chi connectivity index (χ0) is 13.1. The fourth-order valence-electron chi connectivity index (χ4n) is 1.35. The highest BCUT2D eigenvalue weighted by Crippen LogP contribution is 2.35. The largest absolute Gasteiger partial charge is 0.483 e. The molecule has 0 saturated heterocycles. The standard InChI is InChI=1S/C10H9Br3N4O/c1-17-15-9(14-16-17)5-18-10-7(12)2-6(4-11)3-8(10)13/h2-3H,4-5H2,1H3. The van der Waals surface area contributed by atoms with Gasteiger partial charge in [-0.25, -0.2) is 0 Å². The first-order chi connectivity index (χ1) is 8.60. The summed E-state index contributed by atoms with van der Waals surface area (Å²) in [5.41, 5.74) is 1.15. The van der Waals surface area contributed by atoms with Gasteiger partial charge in [-0.15, -0.1) is 10.2 Å². The summed E-state index contributed by atoms with van der Waals surface area (Å²) in [6.45, 7) is 0.276. The van der Waals surface area contributed by atoms with Crippen molar-refractivity contribution in [1.29, 1.82) is 0 Å². The van der Waals surface area contributed by atoms with Gasteiger partial charge in [0, 0.05) is 5.33 Å². The van der Waals surface area contributed by atoms with Crippen LogP contribution in [0.2, 0.25) is 0 Å². The van der Waals surface area contributed by atoms with Crippen molar-refractivity contribution in [2.24, 2.45) is 7.05 Å². The summed E-state index contributed by atoms with van der Waals surface area (Å²) >= 11 is 10.4. The lowest BCUT2D eigenvalue weighted by Gasteiger charge is -2.10. The van der Waals surface area contributed by atoms with Crippen molar-refractivity contribution >= 4 is 47.8 Å². The van der Waals surface area contributed by atoms with E-state index in [-0.39, 0.29) is 6.61 Å². The molecule has 1 heterocycles. The highest BCUT2D eigenvalue weighted by atomic mass is 79.9. The van der Waals surface area contributed by atoms with Crippen LogP contribution < -0.4 is 4.74 Å². The second-order valence-electron chi connectivity index (χ2n) is 3.51. The van der Waals surface area contributed by atoms with Crippen LogP contribution in [0.5, 0.6) is 5.75 Å². The van der Waals surface area contributed by atoms with Gasteiger partial charge in [0.1, 0.15) is 5.75 Å². The maximum atomic E-state index is 5.68. The van der Waals surface area contributed by atoms with Crippen LogP contribution in [-0.4, -0.2) is 20.2 Å². The van der Waals surface area contributed by atoms with E-state index in [1.165, 1.54) is 4.80 Å². The van der Waals surface area contributed by atoms with Crippen molar-refractivity contribution in [3.63, 3.8) is 0 Å². The van der Waals surface area contributed by atoms with E-state index in [1.54, 1.807) is 7.05 Å². The van der Waals surface area contributed by atoms with Gasteiger partial charge in [-0.3, -0.25) is 0 Å². The maximum Gasteiger partial charge on any atom is 0.212 e. The predicted molar refractivity (Wildman–Crippen MR) is 77.6 cm³/mol. The van der Waals surface area contributed by atoms with Crippen LogP contribution >= 0.6 is 47.8 Å². The smallest absolute Gasteiger partial charge is 0.212 e. The Morgan fingerprint density at radius 2 is 1.94 bits per heavy atom. The molecule has 0 fully saturated rings. The van der Waals surface area contributed by atoms with Crippen molar-refractivity contribution in [1.82, 2.24) is 20.2 Å². The molecule has 0 atom stereocenters. The SMILES string of the molecule is Cn1nnc(COc2c(Br)cc(CBr)cc2Br)n1. The lowest BCUT2D eigenvalue weighted by atomic mass is 10.2. The van der Waals surface area contributed by atoms with E-state index in [2.05, 4.69) is 63.2 Å². The Hall–Kier alpha value is -0.470. The molecule has 2 aromatic rings. The third-order valence-electron chi connectivity index (χ3n) is 2.11. The van der Waals surface area contributed by atoms with Gasteiger partial charge >= 0.3 is 0 Å². The predicted octanol–water partition coefficient (Wildman–Crippen LogP) is 3.21. The molecular formula is C10H9Br3N4O. The number of aromatic nitrogens is 4. The van der Waals surface area contributed by atoms with Gasteiger partial charge in [0.15, 0.2) is 6.61 Å². The number of ether oxygens (including phenoxy) is 1.